The van der Waals surface area contributed by atoms with Crippen LogP contribution in [-0.4, -0.2) is 59.8 Å². The van der Waals surface area contributed by atoms with E-state index in [1.165, 1.54) is 28.8 Å². The highest BCUT2D eigenvalue weighted by molar-refractivity contribution is 7.94. The molecule has 2 aromatic carbocycles. The number of hydrogen-bond acceptors (Lipinski definition) is 6. The first-order valence-electron chi connectivity index (χ1n) is 12.7. The number of likely N-dealkylation sites (N-methyl/N-ethyl adjacent to an activating group) is 1. The van der Waals surface area contributed by atoms with E-state index in [9.17, 15) is 8.78 Å². The Morgan fingerprint density at radius 1 is 0.919 bits per heavy atom. The molecule has 3 aliphatic rings. The van der Waals surface area contributed by atoms with E-state index in [1.807, 2.05) is 24.3 Å². The summed E-state index contributed by atoms with van der Waals surface area (Å²) in [6, 6.07) is 13.5. The van der Waals surface area contributed by atoms with Crippen molar-refractivity contribution in [1.29, 1.82) is 5.26 Å². The molecule has 0 saturated carbocycles. The average Bonchev–Trinajstić information content (AvgIpc) is 2.90. The summed E-state index contributed by atoms with van der Waals surface area (Å²) in [5.74, 6) is -0.421. The van der Waals surface area contributed by atoms with Crippen molar-refractivity contribution in [3.05, 3.63) is 88.6 Å². The van der Waals surface area contributed by atoms with Crippen LogP contribution in [0.15, 0.2) is 71.5 Å². The van der Waals surface area contributed by atoms with Crippen molar-refractivity contribution in [2.75, 3.05) is 51.6 Å². The molecule has 1 N–H and O–H groups in total. The highest BCUT2D eigenvalue weighted by atomic mass is 32.2. The molecule has 1 atom stereocenters. The molecule has 8 heteroatoms. The molecule has 0 bridgehead atoms. The number of nitrogens with one attached hydrogen (secondary N) is 1. The minimum atomic E-state index is -0.230. The van der Waals surface area contributed by atoms with Gasteiger partial charge in [-0.15, -0.1) is 0 Å². The van der Waals surface area contributed by atoms with Crippen LogP contribution in [-0.2, 0) is 6.42 Å². The third-order valence-electron chi connectivity index (χ3n) is 7.44. The van der Waals surface area contributed by atoms with E-state index in [-0.39, 0.29) is 17.0 Å². The number of piperazine rings is 1. The Kier molecular flexibility index (Phi) is 9.04. The van der Waals surface area contributed by atoms with E-state index in [0.717, 1.165) is 69.9 Å². The lowest BCUT2D eigenvalue weighted by Gasteiger charge is -2.48. The van der Waals surface area contributed by atoms with Crippen LogP contribution in [0.3, 0.4) is 0 Å². The van der Waals surface area contributed by atoms with Gasteiger partial charge in [0.1, 0.15) is 11.6 Å². The maximum atomic E-state index is 13.6. The van der Waals surface area contributed by atoms with Crippen molar-refractivity contribution in [3.63, 3.8) is 0 Å². The molecule has 0 spiro atoms. The molecule has 5 rings (SSSR count). The zero-order chi connectivity index (χ0) is 26.4. The molecule has 1 unspecified atom stereocenters. The highest BCUT2D eigenvalue weighted by Gasteiger charge is 2.42. The summed E-state index contributed by atoms with van der Waals surface area (Å²) < 4.78 is 32.0. The number of benzene rings is 2. The van der Waals surface area contributed by atoms with Crippen molar-refractivity contribution in [2.45, 2.75) is 26.2 Å². The maximum absolute atomic E-state index is 13.6. The van der Waals surface area contributed by atoms with Gasteiger partial charge in [0.2, 0.25) is 0 Å². The number of nitriles is 1. The summed E-state index contributed by atoms with van der Waals surface area (Å²) in [4.78, 5) is 2.38. The first-order valence-corrected chi connectivity index (χ1v) is 13.4. The molecule has 2 aromatic rings. The van der Waals surface area contributed by atoms with Crippen LogP contribution in [0.1, 0.15) is 25.3 Å². The minimum Gasteiger partial charge on any atom is -0.356 e. The molecule has 0 amide bonds. The SMILES string of the molecule is C#N.CC1=C(Nc2ccc(F)cc2)C=C2CCN(SN3CCN(C)CC3)CC2(Cc2ccc(F)cc2)C1. The number of piperidine rings is 1. The number of hydrogen-bond donors (Lipinski definition) is 1. The van der Waals surface area contributed by atoms with E-state index >= 15 is 0 Å². The monoisotopic (exact) mass is 523 g/mol. The Labute approximate surface area is 223 Å². The molecule has 5 nitrogen and oxygen atoms in total. The fraction of sp³-hybridized carbons (Fsp3) is 0.414. The van der Waals surface area contributed by atoms with Gasteiger partial charge in [-0.2, -0.15) is 0 Å². The van der Waals surface area contributed by atoms with Gasteiger partial charge in [0.05, 0.1) is 0 Å². The number of halogens is 2. The second-order valence-corrected chi connectivity index (χ2v) is 11.4. The second-order valence-electron chi connectivity index (χ2n) is 10.2. The lowest BCUT2D eigenvalue weighted by molar-refractivity contribution is 0.199. The maximum Gasteiger partial charge on any atom is 0.123 e. The molecule has 37 heavy (non-hydrogen) atoms. The molecule has 2 saturated heterocycles. The average molecular weight is 524 g/mol. The Morgan fingerprint density at radius 2 is 1.54 bits per heavy atom. The smallest absolute Gasteiger partial charge is 0.123 e. The van der Waals surface area contributed by atoms with Gasteiger partial charge in [-0.1, -0.05) is 17.7 Å². The van der Waals surface area contributed by atoms with Crippen LogP contribution in [0.25, 0.3) is 0 Å². The standard InChI is InChI=1S/C28H34F2N4S.CHN/c1-21-18-28(19-22-3-5-24(29)6-4-22)20-34(35-33-15-13-32(2)14-16-33)12-11-23(28)17-27(21)31-26-9-7-25(30)8-10-26;1-2/h3-10,17,31H,11-16,18-20H2,1-2H3;1H. The minimum absolute atomic E-state index is 0.0201. The van der Waals surface area contributed by atoms with Crippen LogP contribution >= 0.6 is 12.1 Å². The normalized spacial score (nSPS) is 23.0. The Bertz CT molecular complexity index is 1140. The summed E-state index contributed by atoms with van der Waals surface area (Å²) in [5, 5.41) is 10.0. The van der Waals surface area contributed by atoms with Crippen molar-refractivity contribution in [2.24, 2.45) is 5.41 Å². The molecule has 2 aliphatic heterocycles. The summed E-state index contributed by atoms with van der Waals surface area (Å²) in [5.41, 5.74) is 5.91. The fourth-order valence-electron chi connectivity index (χ4n) is 5.48. The fourth-order valence-corrected chi connectivity index (χ4v) is 6.61. The van der Waals surface area contributed by atoms with Crippen LogP contribution in [0.2, 0.25) is 0 Å². The first kappa shape index (κ1) is 27.3. The summed E-state index contributed by atoms with van der Waals surface area (Å²) in [6.45, 7) is 12.0. The third-order valence-corrected chi connectivity index (χ3v) is 8.58. The molecule has 2 heterocycles. The summed E-state index contributed by atoms with van der Waals surface area (Å²) in [7, 11) is 2.19. The quantitative estimate of drug-likeness (QED) is 0.478. The van der Waals surface area contributed by atoms with E-state index in [0.29, 0.717) is 0 Å². The summed E-state index contributed by atoms with van der Waals surface area (Å²) in [6.07, 6.45) is 5.16. The number of nitrogens with zero attached hydrogens (tertiary/aromatic N) is 4. The Balaban J connectivity index is 0.00000156. The van der Waals surface area contributed by atoms with Crippen LogP contribution in [0.4, 0.5) is 14.5 Å². The van der Waals surface area contributed by atoms with Crippen molar-refractivity contribution >= 4 is 17.8 Å². The number of allylic oxidation sites excluding steroid dienone is 2. The molecule has 0 aromatic heterocycles. The van der Waals surface area contributed by atoms with Crippen LogP contribution in [0, 0.1) is 28.9 Å². The lowest BCUT2D eigenvalue weighted by Crippen LogP contribution is -2.48. The van der Waals surface area contributed by atoms with Gasteiger partial charge in [-0.3, -0.25) is 0 Å². The molecular weight excluding hydrogens is 488 g/mol. The van der Waals surface area contributed by atoms with Crippen molar-refractivity contribution in [3.8, 4) is 6.57 Å². The van der Waals surface area contributed by atoms with E-state index < -0.39 is 0 Å². The summed E-state index contributed by atoms with van der Waals surface area (Å²) >= 11 is 1.90. The van der Waals surface area contributed by atoms with Gasteiger partial charge >= 0.3 is 0 Å². The van der Waals surface area contributed by atoms with Gasteiger partial charge in [0.15, 0.2) is 0 Å². The highest BCUT2D eigenvalue weighted by Crippen LogP contribution is 2.48. The van der Waals surface area contributed by atoms with Gasteiger partial charge in [0.25, 0.3) is 0 Å². The predicted molar refractivity (Wildman–Crippen MR) is 147 cm³/mol. The van der Waals surface area contributed by atoms with Gasteiger partial charge in [0, 0.05) is 74.8 Å². The van der Waals surface area contributed by atoms with E-state index in [2.05, 4.69) is 45.4 Å². The molecular formula is C29H35F2N5S. The van der Waals surface area contributed by atoms with Crippen LogP contribution < -0.4 is 5.32 Å². The van der Waals surface area contributed by atoms with E-state index in [4.69, 9.17) is 5.26 Å². The van der Waals surface area contributed by atoms with Gasteiger partial charge in [-0.25, -0.2) is 22.7 Å². The molecule has 0 radical (unpaired) electrons. The van der Waals surface area contributed by atoms with Gasteiger partial charge in [-0.05, 0) is 86.8 Å². The van der Waals surface area contributed by atoms with Crippen molar-refractivity contribution < 1.29 is 8.78 Å². The second kappa shape index (κ2) is 12.2. The number of rotatable bonds is 6. The third kappa shape index (κ3) is 6.79. The largest absolute Gasteiger partial charge is 0.356 e. The zero-order valence-corrected chi connectivity index (χ0v) is 22.4. The number of fused-ring (bicyclic) bond motifs is 1. The van der Waals surface area contributed by atoms with Gasteiger partial charge < -0.3 is 10.2 Å². The van der Waals surface area contributed by atoms with Crippen molar-refractivity contribution in [1.82, 2.24) is 13.5 Å². The first-order chi connectivity index (χ1) is 17.9. The predicted octanol–water partition coefficient (Wildman–Crippen LogP) is 5.87. The molecule has 2 fully saturated rings. The van der Waals surface area contributed by atoms with Crippen LogP contribution in [0.5, 0.6) is 0 Å². The van der Waals surface area contributed by atoms with E-state index in [1.54, 1.807) is 24.3 Å². The Hall–Kier alpha value is -2.70. The molecule has 1 aliphatic carbocycles. The topological polar surface area (TPSA) is 45.5 Å². The zero-order valence-electron chi connectivity index (χ0n) is 21.6. The number of anilines is 1. The lowest BCUT2D eigenvalue weighted by atomic mass is 9.65. The Morgan fingerprint density at radius 3 is 2.19 bits per heavy atom. The molecule has 196 valence electrons.